The zero-order valence-electron chi connectivity index (χ0n) is 7.12. The molecule has 1 aromatic rings. The van der Waals surface area contributed by atoms with E-state index in [1.165, 1.54) is 0 Å². The Morgan fingerprint density at radius 2 is 2.50 bits per heavy atom. The lowest BCUT2D eigenvalue weighted by atomic mass is 10.2. The van der Waals surface area contributed by atoms with Crippen molar-refractivity contribution in [2.24, 2.45) is 0 Å². The number of hydrogen-bond donors (Lipinski definition) is 0. The lowest BCUT2D eigenvalue weighted by molar-refractivity contribution is -0.117. The molecule has 1 aromatic heterocycles. The largest absolute Gasteiger partial charge is 0.300 e. The van der Waals surface area contributed by atoms with Crippen molar-refractivity contribution in [2.75, 3.05) is 0 Å². The van der Waals surface area contributed by atoms with Crippen molar-refractivity contribution in [3.8, 4) is 0 Å². The number of ketones is 1. The summed E-state index contributed by atoms with van der Waals surface area (Å²) < 4.78 is 2.73. The molecule has 12 heavy (non-hydrogen) atoms. The van der Waals surface area contributed by atoms with Crippen LogP contribution in [0.15, 0.2) is 16.9 Å². The molecular formula is C8H11BrN2O. The van der Waals surface area contributed by atoms with Crippen LogP contribution in [0.25, 0.3) is 0 Å². The average molecular weight is 231 g/mol. The quantitative estimate of drug-likeness (QED) is 0.799. The van der Waals surface area contributed by atoms with E-state index in [0.29, 0.717) is 6.42 Å². The maximum absolute atomic E-state index is 10.8. The first-order chi connectivity index (χ1) is 5.59. The van der Waals surface area contributed by atoms with E-state index >= 15 is 0 Å². The Kier molecular flexibility index (Phi) is 3.03. The van der Waals surface area contributed by atoms with Gasteiger partial charge < -0.3 is 0 Å². The van der Waals surface area contributed by atoms with Crippen LogP contribution in [0.3, 0.4) is 0 Å². The van der Waals surface area contributed by atoms with Crippen LogP contribution in [0.4, 0.5) is 0 Å². The Bertz CT molecular complexity index is 282. The molecule has 1 unspecified atom stereocenters. The van der Waals surface area contributed by atoms with E-state index in [4.69, 9.17) is 0 Å². The third kappa shape index (κ3) is 2.44. The first kappa shape index (κ1) is 9.45. The van der Waals surface area contributed by atoms with Crippen molar-refractivity contribution in [1.29, 1.82) is 0 Å². The van der Waals surface area contributed by atoms with Crippen LogP contribution >= 0.6 is 15.9 Å². The topological polar surface area (TPSA) is 34.9 Å². The summed E-state index contributed by atoms with van der Waals surface area (Å²) in [5.41, 5.74) is 0. The molecule has 0 saturated carbocycles. The lowest BCUT2D eigenvalue weighted by Crippen LogP contribution is -2.09. The Hall–Kier alpha value is -0.640. The molecule has 0 N–H and O–H groups in total. The van der Waals surface area contributed by atoms with E-state index in [2.05, 4.69) is 21.0 Å². The van der Waals surface area contributed by atoms with Gasteiger partial charge in [0.15, 0.2) is 0 Å². The van der Waals surface area contributed by atoms with E-state index in [-0.39, 0.29) is 11.8 Å². The molecular weight excluding hydrogens is 220 g/mol. The van der Waals surface area contributed by atoms with Crippen molar-refractivity contribution < 1.29 is 4.79 Å². The number of hydrogen-bond acceptors (Lipinski definition) is 2. The van der Waals surface area contributed by atoms with Gasteiger partial charge in [0.05, 0.1) is 16.7 Å². The maximum atomic E-state index is 10.8. The molecule has 0 aliphatic carbocycles. The van der Waals surface area contributed by atoms with E-state index in [0.717, 1.165) is 4.47 Å². The molecule has 1 rings (SSSR count). The summed E-state index contributed by atoms with van der Waals surface area (Å²) in [5.74, 6) is 0.189. The predicted octanol–water partition coefficient (Wildman–Crippen LogP) is 2.19. The Morgan fingerprint density at radius 1 is 1.83 bits per heavy atom. The molecule has 4 heteroatoms. The van der Waals surface area contributed by atoms with Gasteiger partial charge in [-0.05, 0) is 29.8 Å². The fourth-order valence-electron chi connectivity index (χ4n) is 1.07. The Morgan fingerprint density at radius 3 is 2.92 bits per heavy atom. The molecule has 0 spiro atoms. The average Bonchev–Trinajstić information content (AvgIpc) is 2.34. The second kappa shape index (κ2) is 3.85. The second-order valence-electron chi connectivity index (χ2n) is 2.89. The molecule has 3 nitrogen and oxygen atoms in total. The van der Waals surface area contributed by atoms with Crippen molar-refractivity contribution in [1.82, 2.24) is 9.78 Å². The van der Waals surface area contributed by atoms with Crippen LogP contribution in [-0.4, -0.2) is 15.6 Å². The van der Waals surface area contributed by atoms with Crippen molar-refractivity contribution in [3.05, 3.63) is 16.9 Å². The highest BCUT2D eigenvalue weighted by Crippen LogP contribution is 2.14. The summed E-state index contributed by atoms with van der Waals surface area (Å²) in [4.78, 5) is 10.8. The summed E-state index contributed by atoms with van der Waals surface area (Å²) in [7, 11) is 0. The highest BCUT2D eigenvalue weighted by atomic mass is 79.9. The van der Waals surface area contributed by atoms with Crippen LogP contribution in [0.1, 0.15) is 26.3 Å². The van der Waals surface area contributed by atoms with Crippen molar-refractivity contribution in [3.63, 3.8) is 0 Å². The SMILES string of the molecule is CC(=O)CC(C)n1cc(Br)cn1. The third-order valence-corrected chi connectivity index (χ3v) is 2.01. The zero-order valence-corrected chi connectivity index (χ0v) is 8.71. The van der Waals surface area contributed by atoms with Crippen LogP contribution < -0.4 is 0 Å². The van der Waals surface area contributed by atoms with Gasteiger partial charge in [0.1, 0.15) is 5.78 Å². The number of carbonyl (C=O) groups is 1. The predicted molar refractivity (Wildman–Crippen MR) is 49.9 cm³/mol. The monoisotopic (exact) mass is 230 g/mol. The molecule has 1 atom stereocenters. The summed E-state index contributed by atoms with van der Waals surface area (Å²) in [6.07, 6.45) is 4.12. The van der Waals surface area contributed by atoms with Gasteiger partial charge in [-0.3, -0.25) is 9.48 Å². The van der Waals surface area contributed by atoms with Gasteiger partial charge in [-0.2, -0.15) is 5.10 Å². The minimum Gasteiger partial charge on any atom is -0.300 e. The van der Waals surface area contributed by atoms with E-state index in [1.807, 2.05) is 13.1 Å². The molecule has 1 heterocycles. The van der Waals surface area contributed by atoms with Gasteiger partial charge in [0.25, 0.3) is 0 Å². The minimum absolute atomic E-state index is 0.147. The number of halogens is 1. The lowest BCUT2D eigenvalue weighted by Gasteiger charge is -2.08. The number of Topliss-reactive ketones (excluding diaryl/α,β-unsaturated/α-hetero) is 1. The Labute approximate surface area is 79.9 Å². The molecule has 66 valence electrons. The van der Waals surface area contributed by atoms with Gasteiger partial charge >= 0.3 is 0 Å². The van der Waals surface area contributed by atoms with Crippen molar-refractivity contribution in [2.45, 2.75) is 26.3 Å². The molecule has 0 saturated heterocycles. The molecule has 0 aliphatic rings. The first-order valence-corrected chi connectivity index (χ1v) is 4.58. The summed E-state index contributed by atoms with van der Waals surface area (Å²) in [5, 5.41) is 4.09. The van der Waals surface area contributed by atoms with E-state index in [1.54, 1.807) is 17.8 Å². The van der Waals surface area contributed by atoms with E-state index in [9.17, 15) is 4.79 Å². The van der Waals surface area contributed by atoms with Crippen molar-refractivity contribution >= 4 is 21.7 Å². The zero-order chi connectivity index (χ0) is 9.14. The first-order valence-electron chi connectivity index (χ1n) is 3.78. The van der Waals surface area contributed by atoms with Crippen LogP contribution in [0, 0.1) is 0 Å². The van der Waals surface area contributed by atoms with E-state index < -0.39 is 0 Å². The van der Waals surface area contributed by atoms with Gasteiger partial charge in [0, 0.05) is 12.6 Å². The van der Waals surface area contributed by atoms with Crippen LogP contribution in [0.2, 0.25) is 0 Å². The maximum Gasteiger partial charge on any atom is 0.131 e. The number of aromatic nitrogens is 2. The fraction of sp³-hybridized carbons (Fsp3) is 0.500. The third-order valence-electron chi connectivity index (χ3n) is 1.60. The normalized spacial score (nSPS) is 12.9. The van der Waals surface area contributed by atoms with Crippen LogP contribution in [-0.2, 0) is 4.79 Å². The van der Waals surface area contributed by atoms with Gasteiger partial charge in [-0.15, -0.1) is 0 Å². The van der Waals surface area contributed by atoms with Gasteiger partial charge in [0.2, 0.25) is 0 Å². The molecule has 0 fully saturated rings. The van der Waals surface area contributed by atoms with Crippen LogP contribution in [0.5, 0.6) is 0 Å². The number of nitrogens with zero attached hydrogens (tertiary/aromatic N) is 2. The summed E-state index contributed by atoms with van der Waals surface area (Å²) in [6, 6.07) is 0.147. The number of carbonyl (C=O) groups excluding carboxylic acids is 1. The second-order valence-corrected chi connectivity index (χ2v) is 3.81. The highest BCUT2D eigenvalue weighted by Gasteiger charge is 2.07. The summed E-state index contributed by atoms with van der Waals surface area (Å²) in [6.45, 7) is 3.57. The minimum atomic E-state index is 0.147. The molecule has 0 amide bonds. The van der Waals surface area contributed by atoms with Gasteiger partial charge in [-0.1, -0.05) is 0 Å². The smallest absolute Gasteiger partial charge is 0.131 e. The molecule has 0 radical (unpaired) electrons. The molecule has 0 aliphatic heterocycles. The molecule has 0 bridgehead atoms. The highest BCUT2D eigenvalue weighted by molar-refractivity contribution is 9.10. The summed E-state index contributed by atoms with van der Waals surface area (Å²) >= 11 is 3.30. The standard InChI is InChI=1S/C8H11BrN2O/c1-6(3-7(2)12)11-5-8(9)4-10-11/h4-6H,3H2,1-2H3. The Balaban J connectivity index is 2.64. The van der Waals surface area contributed by atoms with Gasteiger partial charge in [-0.25, -0.2) is 0 Å². The fourth-order valence-corrected chi connectivity index (χ4v) is 1.37. The molecule has 0 aromatic carbocycles. The number of rotatable bonds is 3.